The lowest BCUT2D eigenvalue weighted by Gasteiger charge is -2.40. The predicted octanol–water partition coefficient (Wildman–Crippen LogP) is 6.61. The molecule has 0 spiro atoms. The number of halogens is 1. The van der Waals surface area contributed by atoms with E-state index in [1.807, 2.05) is 12.1 Å². The number of benzene rings is 2. The van der Waals surface area contributed by atoms with E-state index in [-0.39, 0.29) is 5.56 Å². The van der Waals surface area contributed by atoms with E-state index in [0.717, 1.165) is 35.3 Å². The summed E-state index contributed by atoms with van der Waals surface area (Å²) < 4.78 is 14.0. The summed E-state index contributed by atoms with van der Waals surface area (Å²) in [4.78, 5) is 0. The second-order valence-corrected chi connectivity index (χ2v) is 8.09. The van der Waals surface area contributed by atoms with Gasteiger partial charge in [0.05, 0.1) is 5.56 Å². The van der Waals surface area contributed by atoms with Gasteiger partial charge in [-0.05, 0) is 84.2 Å². The van der Waals surface area contributed by atoms with Crippen molar-refractivity contribution in [2.45, 2.75) is 57.8 Å². The van der Waals surface area contributed by atoms with Crippen molar-refractivity contribution in [3.05, 3.63) is 58.9 Å². The van der Waals surface area contributed by atoms with Crippen LogP contribution in [0.4, 0.5) is 4.39 Å². The van der Waals surface area contributed by atoms with Crippen LogP contribution in [0.3, 0.4) is 0 Å². The number of hydrogen-bond acceptors (Lipinski definition) is 1. The zero-order chi connectivity index (χ0) is 18.1. The minimum atomic E-state index is -0.433. The molecule has 0 heterocycles. The molecule has 0 radical (unpaired) electrons. The molecule has 1 saturated carbocycles. The van der Waals surface area contributed by atoms with E-state index in [9.17, 15) is 4.39 Å². The highest BCUT2D eigenvalue weighted by Gasteiger charge is 2.34. The van der Waals surface area contributed by atoms with Gasteiger partial charge in [-0.25, -0.2) is 4.39 Å². The Morgan fingerprint density at radius 1 is 1.08 bits per heavy atom. The number of fused-ring (bicyclic) bond motifs is 3. The quantitative estimate of drug-likeness (QED) is 0.613. The summed E-state index contributed by atoms with van der Waals surface area (Å²) in [5.41, 5.74) is 5.01. The number of aryl methyl sites for hydroxylation is 1. The van der Waals surface area contributed by atoms with Gasteiger partial charge in [0.1, 0.15) is 11.9 Å². The molecular weight excluding hydrogens is 321 g/mol. The highest BCUT2D eigenvalue weighted by molar-refractivity contribution is 5.66. The number of hydrogen-bond donors (Lipinski definition) is 0. The van der Waals surface area contributed by atoms with Crippen molar-refractivity contribution in [1.82, 2.24) is 0 Å². The molecule has 1 fully saturated rings. The maximum absolute atomic E-state index is 14.0. The third kappa shape index (κ3) is 3.16. The Bertz CT molecular complexity index is 848. The highest BCUT2D eigenvalue weighted by Crippen LogP contribution is 2.48. The van der Waals surface area contributed by atoms with Crippen LogP contribution in [-0.2, 0) is 6.42 Å². The highest BCUT2D eigenvalue weighted by atomic mass is 19.1. The molecule has 2 aromatic rings. The molecule has 0 bridgehead atoms. The fourth-order valence-corrected chi connectivity index (χ4v) is 5.25. The topological polar surface area (TPSA) is 23.8 Å². The molecule has 2 aliphatic carbocycles. The largest absolute Gasteiger partial charge is 0.206 e. The Kier molecular flexibility index (Phi) is 4.81. The van der Waals surface area contributed by atoms with E-state index in [1.165, 1.54) is 55.7 Å². The van der Waals surface area contributed by atoms with Gasteiger partial charge in [0.15, 0.2) is 0 Å². The van der Waals surface area contributed by atoms with Gasteiger partial charge < -0.3 is 0 Å². The first kappa shape index (κ1) is 17.3. The van der Waals surface area contributed by atoms with E-state index >= 15 is 0 Å². The first-order valence-corrected chi connectivity index (χ1v) is 10.0. The Hall–Kier alpha value is -2.14. The van der Waals surface area contributed by atoms with Gasteiger partial charge in [0.2, 0.25) is 0 Å². The third-order valence-electron chi connectivity index (χ3n) is 6.54. The molecule has 0 N–H and O–H groups in total. The summed E-state index contributed by atoms with van der Waals surface area (Å²) in [7, 11) is 0. The van der Waals surface area contributed by atoms with Crippen LogP contribution in [0.5, 0.6) is 0 Å². The predicted molar refractivity (Wildman–Crippen MR) is 103 cm³/mol. The molecule has 3 atom stereocenters. The van der Waals surface area contributed by atoms with Crippen molar-refractivity contribution in [2.24, 2.45) is 11.8 Å². The van der Waals surface area contributed by atoms with E-state index in [1.54, 1.807) is 6.07 Å². The zero-order valence-corrected chi connectivity index (χ0v) is 15.5. The fraction of sp³-hybridized carbons (Fsp3) is 0.458. The number of nitrogens with zero attached hydrogens (tertiary/aromatic N) is 1. The van der Waals surface area contributed by atoms with Crippen molar-refractivity contribution in [3.8, 4) is 17.2 Å². The molecule has 0 aromatic heterocycles. The molecule has 0 amide bonds. The van der Waals surface area contributed by atoms with Gasteiger partial charge in [0.25, 0.3) is 0 Å². The standard InChI is InChI=1S/C24H26FN/c1-2-3-16-4-10-22-19(12-16)6-7-20-13-17(9-11-23(20)22)18-5-8-21(15-26)24(25)14-18/h5,8-9,11,13-14,16,19,22H,2-4,6-7,10,12H2,1H3. The summed E-state index contributed by atoms with van der Waals surface area (Å²) in [6, 6.07) is 13.5. The fourth-order valence-electron chi connectivity index (χ4n) is 5.25. The van der Waals surface area contributed by atoms with Crippen molar-refractivity contribution in [2.75, 3.05) is 0 Å². The maximum atomic E-state index is 14.0. The minimum absolute atomic E-state index is 0.110. The second-order valence-electron chi connectivity index (χ2n) is 8.09. The van der Waals surface area contributed by atoms with Gasteiger partial charge in [-0.2, -0.15) is 5.26 Å². The molecule has 2 aromatic carbocycles. The third-order valence-corrected chi connectivity index (χ3v) is 6.54. The lowest BCUT2D eigenvalue weighted by Crippen LogP contribution is -2.28. The van der Waals surface area contributed by atoms with Crippen LogP contribution in [0.25, 0.3) is 11.1 Å². The SMILES string of the molecule is CCCC1CCC2c3ccc(-c4ccc(C#N)c(F)c4)cc3CCC2C1. The average Bonchev–Trinajstić information content (AvgIpc) is 2.67. The normalized spacial score (nSPS) is 24.4. The molecule has 0 saturated heterocycles. The van der Waals surface area contributed by atoms with Crippen LogP contribution >= 0.6 is 0 Å². The molecule has 134 valence electrons. The molecule has 2 heteroatoms. The zero-order valence-electron chi connectivity index (χ0n) is 15.5. The monoisotopic (exact) mass is 347 g/mol. The van der Waals surface area contributed by atoms with E-state index in [2.05, 4.69) is 25.1 Å². The first-order chi connectivity index (χ1) is 12.7. The lowest BCUT2D eigenvalue weighted by molar-refractivity contribution is 0.201. The van der Waals surface area contributed by atoms with Crippen LogP contribution in [0.2, 0.25) is 0 Å². The maximum Gasteiger partial charge on any atom is 0.141 e. The average molecular weight is 347 g/mol. The van der Waals surface area contributed by atoms with Crippen LogP contribution in [-0.4, -0.2) is 0 Å². The van der Waals surface area contributed by atoms with Crippen LogP contribution in [0, 0.1) is 29.0 Å². The first-order valence-electron chi connectivity index (χ1n) is 10.0. The smallest absolute Gasteiger partial charge is 0.141 e. The molecule has 3 unspecified atom stereocenters. The summed E-state index contributed by atoms with van der Waals surface area (Å²) in [5, 5.41) is 8.91. The Morgan fingerprint density at radius 2 is 1.88 bits per heavy atom. The van der Waals surface area contributed by atoms with Crippen molar-refractivity contribution in [3.63, 3.8) is 0 Å². The number of rotatable bonds is 3. The van der Waals surface area contributed by atoms with Gasteiger partial charge in [-0.15, -0.1) is 0 Å². The summed E-state index contributed by atoms with van der Waals surface area (Å²) in [6.45, 7) is 2.30. The number of nitriles is 1. The van der Waals surface area contributed by atoms with E-state index in [0.29, 0.717) is 0 Å². The van der Waals surface area contributed by atoms with Crippen molar-refractivity contribution >= 4 is 0 Å². The lowest BCUT2D eigenvalue weighted by atomic mass is 9.64. The summed E-state index contributed by atoms with van der Waals surface area (Å²) in [6.07, 6.45) is 9.23. The Balaban J connectivity index is 1.59. The Morgan fingerprint density at radius 3 is 2.65 bits per heavy atom. The summed E-state index contributed by atoms with van der Waals surface area (Å²) in [5.74, 6) is 2.07. The minimum Gasteiger partial charge on any atom is -0.206 e. The Labute approximate surface area is 155 Å². The molecule has 1 nitrogen and oxygen atoms in total. The molecule has 0 aliphatic heterocycles. The van der Waals surface area contributed by atoms with Gasteiger partial charge in [-0.1, -0.05) is 44.0 Å². The van der Waals surface area contributed by atoms with Crippen LogP contribution in [0.15, 0.2) is 36.4 Å². The van der Waals surface area contributed by atoms with E-state index < -0.39 is 5.82 Å². The molecular formula is C24H26FN. The van der Waals surface area contributed by atoms with Crippen molar-refractivity contribution < 1.29 is 4.39 Å². The summed E-state index contributed by atoms with van der Waals surface area (Å²) >= 11 is 0. The van der Waals surface area contributed by atoms with Crippen molar-refractivity contribution in [1.29, 1.82) is 5.26 Å². The van der Waals surface area contributed by atoms with Crippen LogP contribution < -0.4 is 0 Å². The van der Waals surface area contributed by atoms with Crippen LogP contribution in [0.1, 0.15) is 68.1 Å². The molecule has 26 heavy (non-hydrogen) atoms. The molecule has 2 aliphatic rings. The van der Waals surface area contributed by atoms with Gasteiger partial charge in [0, 0.05) is 0 Å². The van der Waals surface area contributed by atoms with E-state index in [4.69, 9.17) is 5.26 Å². The second kappa shape index (κ2) is 7.23. The van der Waals surface area contributed by atoms with Gasteiger partial charge in [-0.3, -0.25) is 0 Å². The van der Waals surface area contributed by atoms with Gasteiger partial charge >= 0.3 is 0 Å². The molecule has 4 rings (SSSR count).